The number of rotatable bonds is 4. The second kappa shape index (κ2) is 7.57. The third kappa shape index (κ3) is 3.83. The monoisotopic (exact) mass is 273 g/mol. The molecule has 3 aliphatic rings. The Bertz CT molecular complexity index is 233. The van der Waals surface area contributed by atoms with Crippen LogP contribution >= 0.6 is 0 Å². The molecular formula is C20H33+3. The van der Waals surface area contributed by atoms with Crippen molar-refractivity contribution in [3.8, 4) is 0 Å². The molecule has 0 aliphatic heterocycles. The first kappa shape index (κ1) is 14.5. The Morgan fingerprint density at radius 1 is 0.500 bits per heavy atom. The molecule has 3 rings (SSSR count). The summed E-state index contributed by atoms with van der Waals surface area (Å²) >= 11 is 0. The Hall–Kier alpha value is -0.390. The first-order valence-electron chi connectivity index (χ1n) is 9.46. The summed E-state index contributed by atoms with van der Waals surface area (Å²) in [5.74, 6) is 6.78. The van der Waals surface area contributed by atoms with E-state index in [4.69, 9.17) is 0 Å². The van der Waals surface area contributed by atoms with Gasteiger partial charge < -0.3 is 0 Å². The van der Waals surface area contributed by atoms with Gasteiger partial charge in [-0.05, 0) is 57.8 Å². The molecule has 0 atom stereocenters. The molecule has 0 spiro atoms. The Balaban J connectivity index is 1.61. The van der Waals surface area contributed by atoms with Crippen molar-refractivity contribution in [3.63, 3.8) is 0 Å². The summed E-state index contributed by atoms with van der Waals surface area (Å²) in [6.45, 7) is 0. The highest BCUT2D eigenvalue weighted by Crippen LogP contribution is 2.47. The van der Waals surface area contributed by atoms with Crippen LogP contribution in [0.5, 0.6) is 0 Å². The molecule has 0 heteroatoms. The van der Waals surface area contributed by atoms with Crippen LogP contribution in [0.3, 0.4) is 0 Å². The first-order chi connectivity index (χ1) is 9.93. The zero-order valence-electron chi connectivity index (χ0n) is 13.4. The van der Waals surface area contributed by atoms with E-state index in [1.807, 2.05) is 17.8 Å². The second-order valence-corrected chi connectivity index (χ2v) is 7.51. The van der Waals surface area contributed by atoms with Crippen molar-refractivity contribution >= 4 is 0 Å². The van der Waals surface area contributed by atoms with Crippen LogP contribution in [0.2, 0.25) is 0 Å². The van der Waals surface area contributed by atoms with Crippen molar-refractivity contribution in [1.29, 1.82) is 0 Å². The fourth-order valence-electron chi connectivity index (χ4n) is 4.83. The molecule has 0 amide bonds. The van der Waals surface area contributed by atoms with E-state index in [9.17, 15) is 0 Å². The Morgan fingerprint density at radius 3 is 1.35 bits per heavy atom. The molecule has 0 radical (unpaired) electrons. The first-order valence-corrected chi connectivity index (χ1v) is 9.46. The van der Waals surface area contributed by atoms with Crippen molar-refractivity contribution in [1.82, 2.24) is 0 Å². The SMILES string of the molecule is C1CC[C+](CC([C+]2CCCCC2)[C+]2CCCCC2)CC1. The van der Waals surface area contributed by atoms with Gasteiger partial charge in [-0.1, -0.05) is 0 Å². The van der Waals surface area contributed by atoms with Crippen molar-refractivity contribution in [2.45, 2.75) is 103 Å². The van der Waals surface area contributed by atoms with E-state index >= 15 is 0 Å². The molecule has 0 aromatic rings. The molecule has 0 unspecified atom stereocenters. The summed E-state index contributed by atoms with van der Waals surface area (Å²) < 4.78 is 0. The normalized spacial score (nSPS) is 25.4. The molecule has 110 valence electrons. The summed E-state index contributed by atoms with van der Waals surface area (Å²) in [4.78, 5) is 0. The van der Waals surface area contributed by atoms with Gasteiger partial charge in [0.25, 0.3) is 5.92 Å². The topological polar surface area (TPSA) is 0 Å². The highest BCUT2D eigenvalue weighted by molar-refractivity contribution is 5.16. The minimum atomic E-state index is 0.920. The molecule has 0 aromatic heterocycles. The predicted octanol–water partition coefficient (Wildman–Crippen LogP) is 6.61. The van der Waals surface area contributed by atoms with Crippen LogP contribution in [-0.4, -0.2) is 0 Å². The maximum atomic E-state index is 1.96. The van der Waals surface area contributed by atoms with Gasteiger partial charge in [-0.3, -0.25) is 0 Å². The molecule has 3 saturated carbocycles. The predicted molar refractivity (Wildman–Crippen MR) is 87.1 cm³/mol. The van der Waals surface area contributed by atoms with Crippen LogP contribution in [0.25, 0.3) is 0 Å². The Morgan fingerprint density at radius 2 is 0.900 bits per heavy atom. The smallest absolute Gasteiger partial charge is 0.0452 e. The molecule has 20 heavy (non-hydrogen) atoms. The Labute approximate surface area is 127 Å². The van der Waals surface area contributed by atoms with Gasteiger partial charge in [0.2, 0.25) is 0 Å². The van der Waals surface area contributed by atoms with Crippen LogP contribution in [0.15, 0.2) is 0 Å². The van der Waals surface area contributed by atoms with E-state index in [2.05, 4.69) is 0 Å². The lowest BCUT2D eigenvalue weighted by Gasteiger charge is -2.23. The van der Waals surface area contributed by atoms with Gasteiger partial charge in [0, 0.05) is 0 Å². The molecule has 3 aliphatic carbocycles. The standard InChI is InChI=1S/C20H33/c1-4-10-17(11-5-1)16-20(18-12-6-2-7-13-18)19-14-8-3-9-15-19/h20H,1-16H2/q+3. The summed E-state index contributed by atoms with van der Waals surface area (Å²) in [5.41, 5.74) is 0. The van der Waals surface area contributed by atoms with Gasteiger partial charge >= 0.3 is 0 Å². The number of hydrogen-bond donors (Lipinski definition) is 0. The summed E-state index contributed by atoms with van der Waals surface area (Å²) in [6.07, 6.45) is 23.6. The minimum absolute atomic E-state index is 0.920. The lowest BCUT2D eigenvalue weighted by molar-refractivity contribution is 0.343. The van der Waals surface area contributed by atoms with Crippen LogP contribution in [0, 0.1) is 23.7 Å². The van der Waals surface area contributed by atoms with Crippen molar-refractivity contribution < 1.29 is 0 Å². The van der Waals surface area contributed by atoms with Crippen LogP contribution < -0.4 is 0 Å². The molecular weight excluding hydrogens is 240 g/mol. The lowest BCUT2D eigenvalue weighted by atomic mass is 9.65. The third-order valence-corrected chi connectivity index (χ3v) is 6.03. The quantitative estimate of drug-likeness (QED) is 0.506. The van der Waals surface area contributed by atoms with E-state index in [0.29, 0.717) is 0 Å². The van der Waals surface area contributed by atoms with Crippen LogP contribution in [-0.2, 0) is 0 Å². The average molecular weight is 273 g/mol. The highest BCUT2D eigenvalue weighted by atomic mass is 14.4. The van der Waals surface area contributed by atoms with Crippen molar-refractivity contribution in [3.05, 3.63) is 17.8 Å². The fourth-order valence-corrected chi connectivity index (χ4v) is 4.83. The molecule has 0 bridgehead atoms. The van der Waals surface area contributed by atoms with Gasteiger partial charge in [0.05, 0.1) is 38.5 Å². The summed E-state index contributed by atoms with van der Waals surface area (Å²) in [7, 11) is 0. The van der Waals surface area contributed by atoms with E-state index < -0.39 is 0 Å². The number of hydrogen-bond acceptors (Lipinski definition) is 0. The summed E-state index contributed by atoms with van der Waals surface area (Å²) in [6, 6.07) is 0. The molecule has 0 N–H and O–H groups in total. The Kier molecular flexibility index (Phi) is 5.51. The van der Waals surface area contributed by atoms with Gasteiger partial charge in [-0.25, -0.2) is 0 Å². The van der Waals surface area contributed by atoms with Gasteiger partial charge in [-0.2, -0.15) is 0 Å². The minimum Gasteiger partial charge on any atom is -0.0452 e. The third-order valence-electron chi connectivity index (χ3n) is 6.03. The maximum Gasteiger partial charge on any atom is 0.271 e. The van der Waals surface area contributed by atoms with Gasteiger partial charge in [0.1, 0.15) is 17.8 Å². The largest absolute Gasteiger partial charge is 0.271 e. The second-order valence-electron chi connectivity index (χ2n) is 7.51. The zero-order chi connectivity index (χ0) is 13.6. The van der Waals surface area contributed by atoms with Crippen LogP contribution in [0.1, 0.15) is 103 Å². The maximum absolute atomic E-state index is 1.96. The van der Waals surface area contributed by atoms with E-state index in [-0.39, 0.29) is 0 Å². The highest BCUT2D eigenvalue weighted by Gasteiger charge is 2.51. The van der Waals surface area contributed by atoms with E-state index in [0.717, 1.165) is 5.92 Å². The molecule has 0 saturated heterocycles. The summed E-state index contributed by atoms with van der Waals surface area (Å²) in [5, 5.41) is 0. The van der Waals surface area contributed by atoms with Gasteiger partial charge in [0.15, 0.2) is 6.42 Å². The molecule has 0 nitrogen and oxygen atoms in total. The van der Waals surface area contributed by atoms with Gasteiger partial charge in [-0.15, -0.1) is 0 Å². The van der Waals surface area contributed by atoms with E-state index in [1.165, 1.54) is 103 Å². The molecule has 0 heterocycles. The fraction of sp³-hybridized carbons (Fsp3) is 0.850. The van der Waals surface area contributed by atoms with Crippen molar-refractivity contribution in [2.75, 3.05) is 0 Å². The van der Waals surface area contributed by atoms with E-state index in [1.54, 1.807) is 0 Å². The molecule has 3 fully saturated rings. The lowest BCUT2D eigenvalue weighted by Crippen LogP contribution is -2.26. The molecule has 0 aromatic carbocycles. The average Bonchev–Trinajstić information content (AvgIpc) is 2.55. The zero-order valence-corrected chi connectivity index (χ0v) is 13.4. The van der Waals surface area contributed by atoms with Crippen LogP contribution in [0.4, 0.5) is 0 Å². The van der Waals surface area contributed by atoms with Crippen molar-refractivity contribution in [2.24, 2.45) is 5.92 Å².